The smallest absolute Gasteiger partial charge is 0.256 e. The molecule has 4 heteroatoms. The number of nitrogens with zero attached hydrogens (tertiary/aromatic N) is 1. The topological polar surface area (TPSA) is 52.0 Å². The number of hydrogen-bond acceptors (Lipinski definition) is 4. The van der Waals surface area contributed by atoms with Crippen LogP contribution in [0.3, 0.4) is 0 Å². The molecule has 0 amide bonds. The Morgan fingerprint density at radius 2 is 2.12 bits per heavy atom. The number of nitrogens with two attached hydrogens (primary N) is 1. The zero-order valence-corrected chi connectivity index (χ0v) is 10.8. The van der Waals surface area contributed by atoms with Gasteiger partial charge in [0.1, 0.15) is 5.76 Å². The van der Waals surface area contributed by atoms with E-state index in [1.807, 2.05) is 13.8 Å². The predicted octanol–water partition coefficient (Wildman–Crippen LogP) is 2.90. The van der Waals surface area contributed by atoms with Crippen LogP contribution >= 0.6 is 11.8 Å². The van der Waals surface area contributed by atoms with Gasteiger partial charge in [0.2, 0.25) is 0 Å². The van der Waals surface area contributed by atoms with Crippen molar-refractivity contribution < 1.29 is 4.42 Å². The first-order valence-corrected chi connectivity index (χ1v) is 6.98. The Hall–Kier alpha value is -0.480. The van der Waals surface area contributed by atoms with Crippen LogP contribution in [0.5, 0.6) is 0 Å². The molecule has 2 rings (SSSR count). The summed E-state index contributed by atoms with van der Waals surface area (Å²) < 4.78 is 5.52. The molecule has 1 aromatic rings. The van der Waals surface area contributed by atoms with Crippen molar-refractivity contribution in [1.82, 2.24) is 4.98 Å². The summed E-state index contributed by atoms with van der Waals surface area (Å²) in [6.07, 6.45) is 5.29. The van der Waals surface area contributed by atoms with Gasteiger partial charge in [-0.2, -0.15) is 0 Å². The lowest BCUT2D eigenvalue weighted by atomic mass is 10.0. The van der Waals surface area contributed by atoms with Crippen molar-refractivity contribution in [1.29, 1.82) is 0 Å². The zero-order valence-electron chi connectivity index (χ0n) is 10.0. The molecule has 0 saturated heterocycles. The number of aryl methyl sites for hydroxylation is 2. The van der Waals surface area contributed by atoms with Crippen molar-refractivity contribution >= 4 is 11.8 Å². The van der Waals surface area contributed by atoms with Gasteiger partial charge >= 0.3 is 0 Å². The van der Waals surface area contributed by atoms with E-state index in [0.29, 0.717) is 12.0 Å². The lowest BCUT2D eigenvalue weighted by Crippen LogP contribution is -2.30. The SMILES string of the molecule is Cc1nc(SCC(N)C2CCCC2)oc1C. The van der Waals surface area contributed by atoms with Crippen molar-refractivity contribution in [3.63, 3.8) is 0 Å². The summed E-state index contributed by atoms with van der Waals surface area (Å²) in [6, 6.07) is 0.292. The lowest BCUT2D eigenvalue weighted by Gasteiger charge is -2.17. The Labute approximate surface area is 101 Å². The van der Waals surface area contributed by atoms with Gasteiger partial charge in [-0.15, -0.1) is 0 Å². The summed E-state index contributed by atoms with van der Waals surface area (Å²) in [7, 11) is 0. The summed E-state index contributed by atoms with van der Waals surface area (Å²) in [5.41, 5.74) is 7.16. The van der Waals surface area contributed by atoms with E-state index in [1.54, 1.807) is 11.8 Å². The van der Waals surface area contributed by atoms with E-state index in [2.05, 4.69) is 4.98 Å². The summed E-state index contributed by atoms with van der Waals surface area (Å²) in [5, 5.41) is 0.767. The van der Waals surface area contributed by atoms with Crippen LogP contribution < -0.4 is 5.73 Å². The second kappa shape index (κ2) is 5.23. The van der Waals surface area contributed by atoms with Crippen molar-refractivity contribution in [3.05, 3.63) is 11.5 Å². The molecule has 1 fully saturated rings. The average molecular weight is 240 g/mol. The third-order valence-electron chi connectivity index (χ3n) is 3.41. The van der Waals surface area contributed by atoms with Crippen LogP contribution in [0, 0.1) is 19.8 Å². The molecule has 0 aromatic carbocycles. The van der Waals surface area contributed by atoms with Gasteiger partial charge in [-0.1, -0.05) is 24.6 Å². The molecule has 1 saturated carbocycles. The minimum atomic E-state index is 0.292. The van der Waals surface area contributed by atoms with Crippen LogP contribution in [-0.2, 0) is 0 Å². The van der Waals surface area contributed by atoms with Gasteiger partial charge in [-0.3, -0.25) is 0 Å². The molecule has 1 heterocycles. The fourth-order valence-electron chi connectivity index (χ4n) is 2.19. The molecule has 0 spiro atoms. The molecule has 1 aliphatic carbocycles. The van der Waals surface area contributed by atoms with E-state index < -0.39 is 0 Å². The fourth-order valence-corrected chi connectivity index (χ4v) is 3.19. The molecule has 0 aliphatic heterocycles. The fraction of sp³-hybridized carbons (Fsp3) is 0.750. The molecule has 0 radical (unpaired) electrons. The summed E-state index contributed by atoms with van der Waals surface area (Å²) >= 11 is 1.65. The minimum absolute atomic E-state index is 0.292. The van der Waals surface area contributed by atoms with Gasteiger partial charge < -0.3 is 10.2 Å². The van der Waals surface area contributed by atoms with Crippen molar-refractivity contribution in [2.75, 3.05) is 5.75 Å². The Balaban J connectivity index is 1.82. The molecular formula is C12H20N2OS. The van der Waals surface area contributed by atoms with E-state index in [0.717, 1.165) is 22.4 Å². The molecule has 2 N–H and O–H groups in total. The maximum atomic E-state index is 6.18. The Morgan fingerprint density at radius 3 is 2.69 bits per heavy atom. The molecule has 3 nitrogen and oxygen atoms in total. The zero-order chi connectivity index (χ0) is 11.5. The molecule has 1 unspecified atom stereocenters. The molecule has 16 heavy (non-hydrogen) atoms. The summed E-state index contributed by atoms with van der Waals surface area (Å²) in [4.78, 5) is 4.35. The van der Waals surface area contributed by atoms with Gasteiger partial charge in [-0.25, -0.2) is 4.98 Å². The molecule has 1 aromatic heterocycles. The van der Waals surface area contributed by atoms with Gasteiger partial charge in [0, 0.05) is 11.8 Å². The Kier molecular flexibility index (Phi) is 3.92. The largest absolute Gasteiger partial charge is 0.437 e. The van der Waals surface area contributed by atoms with Crippen LogP contribution in [0.4, 0.5) is 0 Å². The maximum absolute atomic E-state index is 6.18. The monoisotopic (exact) mass is 240 g/mol. The van der Waals surface area contributed by atoms with E-state index in [1.165, 1.54) is 25.7 Å². The second-order valence-electron chi connectivity index (χ2n) is 4.64. The second-order valence-corrected chi connectivity index (χ2v) is 5.61. The van der Waals surface area contributed by atoms with E-state index in [-0.39, 0.29) is 0 Å². The number of oxazole rings is 1. The molecule has 90 valence electrons. The number of thioether (sulfide) groups is 1. The quantitative estimate of drug-likeness (QED) is 0.822. The van der Waals surface area contributed by atoms with Crippen molar-refractivity contribution in [2.45, 2.75) is 50.8 Å². The highest BCUT2D eigenvalue weighted by Gasteiger charge is 2.22. The Morgan fingerprint density at radius 1 is 1.44 bits per heavy atom. The van der Waals surface area contributed by atoms with Crippen molar-refractivity contribution in [2.24, 2.45) is 11.7 Å². The maximum Gasteiger partial charge on any atom is 0.256 e. The van der Waals surface area contributed by atoms with E-state index in [9.17, 15) is 0 Å². The first kappa shape index (κ1) is 12.0. The molecule has 1 aliphatic rings. The highest BCUT2D eigenvalue weighted by Crippen LogP contribution is 2.29. The third-order valence-corrected chi connectivity index (χ3v) is 4.39. The average Bonchev–Trinajstić information content (AvgIpc) is 2.86. The first-order valence-electron chi connectivity index (χ1n) is 5.99. The highest BCUT2D eigenvalue weighted by atomic mass is 32.2. The molecular weight excluding hydrogens is 220 g/mol. The lowest BCUT2D eigenvalue weighted by molar-refractivity contribution is 0.427. The van der Waals surface area contributed by atoms with Crippen molar-refractivity contribution in [3.8, 4) is 0 Å². The van der Waals surface area contributed by atoms with Gasteiger partial charge in [0.15, 0.2) is 0 Å². The van der Waals surface area contributed by atoms with Gasteiger partial charge in [-0.05, 0) is 32.6 Å². The normalized spacial score (nSPS) is 19.2. The predicted molar refractivity (Wildman–Crippen MR) is 66.6 cm³/mol. The molecule has 1 atom stereocenters. The van der Waals surface area contributed by atoms with Gasteiger partial charge in [0.25, 0.3) is 5.22 Å². The first-order chi connectivity index (χ1) is 7.66. The number of rotatable bonds is 4. The summed E-state index contributed by atoms with van der Waals surface area (Å²) in [6.45, 7) is 3.92. The van der Waals surface area contributed by atoms with Crippen LogP contribution in [0.1, 0.15) is 37.1 Å². The molecule has 0 bridgehead atoms. The highest BCUT2D eigenvalue weighted by molar-refractivity contribution is 7.99. The van der Waals surface area contributed by atoms with Crippen LogP contribution in [0.2, 0.25) is 0 Å². The van der Waals surface area contributed by atoms with E-state index >= 15 is 0 Å². The third kappa shape index (κ3) is 2.80. The van der Waals surface area contributed by atoms with Crippen LogP contribution in [-0.4, -0.2) is 16.8 Å². The minimum Gasteiger partial charge on any atom is -0.437 e. The van der Waals surface area contributed by atoms with Crippen LogP contribution in [0.25, 0.3) is 0 Å². The summed E-state index contributed by atoms with van der Waals surface area (Å²) in [5.74, 6) is 2.55. The number of hydrogen-bond donors (Lipinski definition) is 1. The van der Waals surface area contributed by atoms with Gasteiger partial charge in [0.05, 0.1) is 5.69 Å². The van der Waals surface area contributed by atoms with E-state index in [4.69, 9.17) is 10.2 Å². The standard InChI is InChI=1S/C12H20N2OS/c1-8-9(2)15-12(14-8)16-7-11(13)10-5-3-4-6-10/h10-11H,3-7,13H2,1-2H3. The number of aromatic nitrogens is 1. The Bertz CT molecular complexity index is 325. The van der Waals surface area contributed by atoms with Crippen LogP contribution in [0.15, 0.2) is 9.64 Å².